The summed E-state index contributed by atoms with van der Waals surface area (Å²) < 4.78 is 0. The Labute approximate surface area is 121 Å². The summed E-state index contributed by atoms with van der Waals surface area (Å²) in [5, 5.41) is 3.09. The lowest BCUT2D eigenvalue weighted by Crippen LogP contribution is -2.75. The first-order valence-electron chi connectivity index (χ1n) is 8.17. The van der Waals surface area contributed by atoms with E-state index in [1.807, 2.05) is 18.7 Å². The molecule has 3 rings (SSSR count). The van der Waals surface area contributed by atoms with Gasteiger partial charge in [0, 0.05) is 12.6 Å². The van der Waals surface area contributed by atoms with Crippen LogP contribution in [0.2, 0.25) is 0 Å². The van der Waals surface area contributed by atoms with E-state index in [4.69, 9.17) is 0 Å². The highest BCUT2D eigenvalue weighted by molar-refractivity contribution is 6.02. The molecule has 20 heavy (non-hydrogen) atoms. The van der Waals surface area contributed by atoms with Gasteiger partial charge in [0.1, 0.15) is 6.04 Å². The van der Waals surface area contributed by atoms with Crippen molar-refractivity contribution in [2.75, 3.05) is 6.54 Å². The second-order valence-corrected chi connectivity index (χ2v) is 7.11. The Morgan fingerprint density at radius 2 is 1.95 bits per heavy atom. The highest BCUT2D eigenvalue weighted by Crippen LogP contribution is 2.51. The van der Waals surface area contributed by atoms with E-state index in [2.05, 4.69) is 5.32 Å². The van der Waals surface area contributed by atoms with Crippen LogP contribution in [0.25, 0.3) is 0 Å². The number of hydrogen-bond donors (Lipinski definition) is 1. The number of likely N-dealkylation sites (tertiary alicyclic amines) is 1. The molecule has 2 amide bonds. The van der Waals surface area contributed by atoms with Crippen LogP contribution in [-0.4, -0.2) is 35.3 Å². The van der Waals surface area contributed by atoms with E-state index in [0.29, 0.717) is 5.92 Å². The molecule has 0 aromatic heterocycles. The first-order chi connectivity index (χ1) is 9.56. The van der Waals surface area contributed by atoms with E-state index >= 15 is 0 Å². The van der Waals surface area contributed by atoms with Crippen LogP contribution in [0.1, 0.15) is 58.8 Å². The molecule has 3 fully saturated rings. The second kappa shape index (κ2) is 5.05. The molecular formula is C16H26N2O2. The van der Waals surface area contributed by atoms with E-state index in [0.717, 1.165) is 32.2 Å². The fourth-order valence-corrected chi connectivity index (χ4v) is 3.93. The minimum atomic E-state index is -0.365. The van der Waals surface area contributed by atoms with Gasteiger partial charge >= 0.3 is 0 Å². The zero-order valence-corrected chi connectivity index (χ0v) is 12.7. The molecular weight excluding hydrogens is 252 g/mol. The van der Waals surface area contributed by atoms with Gasteiger partial charge in [-0.2, -0.15) is 0 Å². The molecule has 2 aliphatic carbocycles. The zero-order valence-electron chi connectivity index (χ0n) is 12.7. The molecule has 4 nitrogen and oxygen atoms in total. The van der Waals surface area contributed by atoms with Crippen molar-refractivity contribution < 1.29 is 9.59 Å². The molecule has 112 valence electrons. The van der Waals surface area contributed by atoms with E-state index in [1.165, 1.54) is 19.3 Å². The molecule has 1 spiro atoms. The summed E-state index contributed by atoms with van der Waals surface area (Å²) in [6, 6.07) is -0.0965. The Kier molecular flexibility index (Phi) is 3.51. The summed E-state index contributed by atoms with van der Waals surface area (Å²) in [7, 11) is 0. The zero-order chi connectivity index (χ0) is 14.3. The van der Waals surface area contributed by atoms with Gasteiger partial charge in [-0.15, -0.1) is 0 Å². The monoisotopic (exact) mass is 278 g/mol. The van der Waals surface area contributed by atoms with Gasteiger partial charge in [0.25, 0.3) is 0 Å². The highest BCUT2D eigenvalue weighted by atomic mass is 16.2. The van der Waals surface area contributed by atoms with Crippen LogP contribution < -0.4 is 5.32 Å². The standard InChI is InChI=1S/C16H26N2O2/c1-11(2)18-13(14(19)17-10-12-6-7-12)16(15(18)20)8-4-3-5-9-16/h11-13H,3-10H2,1-2H3,(H,17,19). The van der Waals surface area contributed by atoms with Crippen molar-refractivity contribution >= 4 is 11.8 Å². The molecule has 0 bridgehead atoms. The summed E-state index contributed by atoms with van der Waals surface area (Å²) in [4.78, 5) is 27.0. The lowest BCUT2D eigenvalue weighted by molar-refractivity contribution is -0.185. The molecule has 1 N–H and O–H groups in total. The molecule has 2 saturated carbocycles. The number of rotatable bonds is 4. The quantitative estimate of drug-likeness (QED) is 0.800. The Hall–Kier alpha value is -1.06. The average molecular weight is 278 g/mol. The van der Waals surface area contributed by atoms with Crippen molar-refractivity contribution in [1.29, 1.82) is 0 Å². The topological polar surface area (TPSA) is 49.4 Å². The SMILES string of the molecule is CC(C)N1C(=O)C2(CCCCC2)C1C(=O)NCC1CC1. The van der Waals surface area contributed by atoms with Gasteiger partial charge in [0.05, 0.1) is 5.41 Å². The van der Waals surface area contributed by atoms with E-state index in [-0.39, 0.29) is 29.3 Å². The Morgan fingerprint density at radius 3 is 2.50 bits per heavy atom. The molecule has 1 aliphatic heterocycles. The second-order valence-electron chi connectivity index (χ2n) is 7.11. The van der Waals surface area contributed by atoms with Gasteiger partial charge in [-0.3, -0.25) is 9.59 Å². The minimum absolute atomic E-state index is 0.0899. The summed E-state index contributed by atoms with van der Waals surface area (Å²) in [6.45, 7) is 4.81. The predicted molar refractivity (Wildman–Crippen MR) is 77.0 cm³/mol. The first kappa shape index (κ1) is 13.9. The smallest absolute Gasteiger partial charge is 0.243 e. The molecule has 3 aliphatic rings. The third-order valence-electron chi connectivity index (χ3n) is 5.27. The number of β-lactam (4-membered cyclic amide) rings is 1. The number of nitrogens with one attached hydrogen (secondary N) is 1. The Morgan fingerprint density at radius 1 is 1.30 bits per heavy atom. The van der Waals surface area contributed by atoms with Crippen LogP contribution in [0.3, 0.4) is 0 Å². The Balaban J connectivity index is 1.74. The summed E-state index contributed by atoms with van der Waals surface area (Å²) in [5.41, 5.74) is -0.365. The summed E-state index contributed by atoms with van der Waals surface area (Å²) in [5.74, 6) is 0.996. The van der Waals surface area contributed by atoms with E-state index < -0.39 is 0 Å². The maximum atomic E-state index is 12.6. The highest BCUT2D eigenvalue weighted by Gasteiger charge is 2.63. The number of amides is 2. The lowest BCUT2D eigenvalue weighted by atomic mass is 9.61. The molecule has 0 radical (unpaired) electrons. The van der Waals surface area contributed by atoms with Crippen LogP contribution in [-0.2, 0) is 9.59 Å². The van der Waals surface area contributed by atoms with Gasteiger partial charge in [-0.1, -0.05) is 19.3 Å². The maximum Gasteiger partial charge on any atom is 0.243 e. The number of carbonyl (C=O) groups excluding carboxylic acids is 2. The van der Waals surface area contributed by atoms with Gasteiger partial charge in [-0.05, 0) is 45.4 Å². The molecule has 1 heterocycles. The minimum Gasteiger partial charge on any atom is -0.354 e. The van der Waals surface area contributed by atoms with Crippen LogP contribution >= 0.6 is 0 Å². The van der Waals surface area contributed by atoms with Crippen molar-refractivity contribution in [3.05, 3.63) is 0 Å². The molecule has 1 unspecified atom stereocenters. The maximum absolute atomic E-state index is 12.6. The normalized spacial score (nSPS) is 28.6. The molecule has 0 aromatic rings. The number of hydrogen-bond acceptors (Lipinski definition) is 2. The van der Waals surface area contributed by atoms with Gasteiger partial charge in [0.2, 0.25) is 11.8 Å². The van der Waals surface area contributed by atoms with Gasteiger partial charge < -0.3 is 10.2 Å². The van der Waals surface area contributed by atoms with Crippen molar-refractivity contribution in [1.82, 2.24) is 10.2 Å². The first-order valence-corrected chi connectivity index (χ1v) is 8.17. The number of nitrogens with zero attached hydrogens (tertiary/aromatic N) is 1. The molecule has 0 aromatic carbocycles. The van der Waals surface area contributed by atoms with Crippen LogP contribution in [0.15, 0.2) is 0 Å². The molecule has 1 atom stereocenters. The molecule has 1 saturated heterocycles. The summed E-state index contributed by atoms with van der Waals surface area (Å²) in [6.07, 6.45) is 7.65. The van der Waals surface area contributed by atoms with Gasteiger partial charge in [-0.25, -0.2) is 0 Å². The number of carbonyl (C=O) groups is 2. The van der Waals surface area contributed by atoms with Crippen molar-refractivity contribution in [3.63, 3.8) is 0 Å². The van der Waals surface area contributed by atoms with Crippen LogP contribution in [0, 0.1) is 11.3 Å². The Bertz CT molecular complexity index is 409. The third kappa shape index (κ3) is 2.13. The van der Waals surface area contributed by atoms with E-state index in [9.17, 15) is 9.59 Å². The van der Waals surface area contributed by atoms with E-state index in [1.54, 1.807) is 0 Å². The fourth-order valence-electron chi connectivity index (χ4n) is 3.93. The fraction of sp³-hybridized carbons (Fsp3) is 0.875. The van der Waals surface area contributed by atoms with Crippen molar-refractivity contribution in [3.8, 4) is 0 Å². The largest absolute Gasteiger partial charge is 0.354 e. The molecule has 4 heteroatoms. The van der Waals surface area contributed by atoms with Crippen LogP contribution in [0.4, 0.5) is 0 Å². The summed E-state index contributed by atoms with van der Waals surface area (Å²) >= 11 is 0. The lowest BCUT2D eigenvalue weighted by Gasteiger charge is -2.58. The van der Waals surface area contributed by atoms with Crippen molar-refractivity contribution in [2.45, 2.75) is 70.9 Å². The predicted octanol–water partition coefficient (Wildman–Crippen LogP) is 2.08. The third-order valence-corrected chi connectivity index (χ3v) is 5.27. The van der Waals surface area contributed by atoms with Crippen molar-refractivity contribution in [2.24, 2.45) is 11.3 Å². The average Bonchev–Trinajstić information content (AvgIpc) is 3.26. The van der Waals surface area contributed by atoms with Crippen LogP contribution in [0.5, 0.6) is 0 Å². The van der Waals surface area contributed by atoms with Gasteiger partial charge in [0.15, 0.2) is 0 Å².